The average molecular weight is 499 g/mol. The van der Waals surface area contributed by atoms with Gasteiger partial charge in [0.2, 0.25) is 5.91 Å². The number of ether oxygens (including phenoxy) is 1. The first-order valence-corrected chi connectivity index (χ1v) is 11.5. The second-order valence-electron chi connectivity index (χ2n) is 8.42. The van der Waals surface area contributed by atoms with Crippen molar-refractivity contribution in [1.29, 1.82) is 0 Å². The van der Waals surface area contributed by atoms with Gasteiger partial charge in [0.1, 0.15) is 11.5 Å². The highest BCUT2D eigenvalue weighted by atomic mass is 17.1. The summed E-state index contributed by atoms with van der Waals surface area (Å²) in [6.07, 6.45) is 0. The van der Waals surface area contributed by atoms with E-state index in [4.69, 9.17) is 9.99 Å². The number of hydrogen-bond donors (Lipinski definition) is 3. The van der Waals surface area contributed by atoms with Gasteiger partial charge in [-0.25, -0.2) is 0 Å². The second kappa shape index (κ2) is 10.8. The molecular formula is C29H26N2O6. The smallest absolute Gasteiger partial charge is 0.314 e. The minimum atomic E-state index is -0.431. The minimum Gasteiger partial charge on any atom is -0.506 e. The lowest BCUT2D eigenvalue weighted by Crippen LogP contribution is -2.28. The zero-order valence-electron chi connectivity index (χ0n) is 20.4. The number of rotatable bonds is 8. The second-order valence-corrected chi connectivity index (χ2v) is 8.42. The van der Waals surface area contributed by atoms with Crippen molar-refractivity contribution in [3.8, 4) is 11.5 Å². The van der Waals surface area contributed by atoms with E-state index in [1.807, 2.05) is 25.1 Å². The molecule has 4 aromatic carbocycles. The van der Waals surface area contributed by atoms with E-state index in [1.54, 1.807) is 65.6 Å². The predicted octanol–water partition coefficient (Wildman–Crippen LogP) is 6.00. The number of carbonyl (C=O) groups excluding carboxylic acids is 2. The van der Waals surface area contributed by atoms with Gasteiger partial charge in [-0.2, -0.15) is 5.26 Å². The first-order valence-electron chi connectivity index (χ1n) is 11.5. The Hall–Kier alpha value is -4.82. The van der Waals surface area contributed by atoms with E-state index in [-0.39, 0.29) is 29.7 Å². The van der Waals surface area contributed by atoms with E-state index in [9.17, 15) is 14.7 Å². The van der Waals surface area contributed by atoms with Gasteiger partial charge >= 0.3 is 5.95 Å². The molecule has 0 spiro atoms. The fourth-order valence-electron chi connectivity index (χ4n) is 4.01. The van der Waals surface area contributed by atoms with Gasteiger partial charge in [0.25, 0.3) is 5.91 Å². The van der Waals surface area contributed by atoms with Crippen LogP contribution in [0.2, 0.25) is 0 Å². The number of fused-ring (bicyclic) bond motifs is 1. The molecule has 0 aliphatic heterocycles. The van der Waals surface area contributed by atoms with Crippen LogP contribution in [0, 0.1) is 6.92 Å². The maximum absolute atomic E-state index is 12.9. The lowest BCUT2D eigenvalue weighted by atomic mass is 10.0. The summed E-state index contributed by atoms with van der Waals surface area (Å²) in [4.78, 5) is 31.1. The Bertz CT molecular complexity index is 1480. The van der Waals surface area contributed by atoms with Gasteiger partial charge < -0.3 is 24.9 Å². The molecule has 0 saturated carbocycles. The molecule has 4 aromatic rings. The summed E-state index contributed by atoms with van der Waals surface area (Å²) in [6, 6.07) is 22.8. The number of phenolic OH excluding ortho intramolecular Hbond substituents is 1. The Morgan fingerprint density at radius 3 is 2.35 bits per heavy atom. The number of carbonyl (C=O) groups is 2. The SMILES string of the molecule is C=C(OO)Oc1ccc(CN(C(C)=O)c2cccc3c(O)c(C(=O)Nc4ccccc4C)ccc23)cc1. The van der Waals surface area contributed by atoms with Crippen LogP contribution in [0.3, 0.4) is 0 Å². The zero-order valence-corrected chi connectivity index (χ0v) is 20.4. The summed E-state index contributed by atoms with van der Waals surface area (Å²) in [7, 11) is 0. The number of nitrogens with zero attached hydrogens (tertiary/aromatic N) is 1. The van der Waals surface area contributed by atoms with Crippen LogP contribution in [0.15, 0.2) is 91.4 Å². The molecule has 3 N–H and O–H groups in total. The maximum atomic E-state index is 12.9. The molecule has 0 bridgehead atoms. The zero-order chi connectivity index (χ0) is 26.5. The Labute approximate surface area is 213 Å². The first-order chi connectivity index (χ1) is 17.8. The molecule has 37 heavy (non-hydrogen) atoms. The molecule has 4 rings (SSSR count). The fraction of sp³-hybridized carbons (Fsp3) is 0.103. The molecule has 8 nitrogen and oxygen atoms in total. The highest BCUT2D eigenvalue weighted by Crippen LogP contribution is 2.36. The van der Waals surface area contributed by atoms with Crippen LogP contribution in [0.5, 0.6) is 11.5 Å². The van der Waals surface area contributed by atoms with E-state index in [0.29, 0.717) is 27.9 Å². The van der Waals surface area contributed by atoms with Crippen molar-refractivity contribution in [2.75, 3.05) is 10.2 Å². The normalized spacial score (nSPS) is 10.6. The molecule has 0 atom stereocenters. The number of hydrogen-bond acceptors (Lipinski definition) is 6. The van der Waals surface area contributed by atoms with Crippen molar-refractivity contribution < 1.29 is 29.6 Å². The van der Waals surface area contributed by atoms with Crippen LogP contribution in [0.1, 0.15) is 28.4 Å². The number of phenols is 1. The van der Waals surface area contributed by atoms with Crippen LogP contribution < -0.4 is 15.0 Å². The molecule has 0 heterocycles. The van der Waals surface area contributed by atoms with Gasteiger partial charge in [0.05, 0.1) is 17.8 Å². The van der Waals surface area contributed by atoms with Gasteiger partial charge in [-0.3, -0.25) is 9.59 Å². The third kappa shape index (κ3) is 5.55. The predicted molar refractivity (Wildman–Crippen MR) is 142 cm³/mol. The Balaban J connectivity index is 1.64. The van der Waals surface area contributed by atoms with Crippen LogP contribution in [-0.4, -0.2) is 22.2 Å². The number of para-hydroxylation sites is 1. The average Bonchev–Trinajstić information content (AvgIpc) is 2.89. The minimum absolute atomic E-state index is 0.131. The van der Waals surface area contributed by atoms with Crippen LogP contribution in [-0.2, 0) is 16.2 Å². The van der Waals surface area contributed by atoms with Crippen molar-refractivity contribution >= 4 is 34.0 Å². The van der Waals surface area contributed by atoms with Crippen molar-refractivity contribution in [3.05, 3.63) is 108 Å². The van der Waals surface area contributed by atoms with E-state index < -0.39 is 5.91 Å². The van der Waals surface area contributed by atoms with E-state index in [1.165, 1.54) is 6.92 Å². The third-order valence-corrected chi connectivity index (χ3v) is 5.92. The van der Waals surface area contributed by atoms with Crippen LogP contribution in [0.4, 0.5) is 11.4 Å². The number of benzene rings is 4. The molecule has 8 heteroatoms. The Morgan fingerprint density at radius 2 is 1.68 bits per heavy atom. The van der Waals surface area contributed by atoms with Crippen molar-refractivity contribution in [2.24, 2.45) is 0 Å². The van der Waals surface area contributed by atoms with Gasteiger partial charge in [-0.15, -0.1) is 0 Å². The Kier molecular flexibility index (Phi) is 7.41. The molecule has 0 aromatic heterocycles. The largest absolute Gasteiger partial charge is 0.506 e. The van der Waals surface area contributed by atoms with Crippen LogP contribution >= 0.6 is 0 Å². The monoisotopic (exact) mass is 498 g/mol. The van der Waals surface area contributed by atoms with Crippen molar-refractivity contribution in [2.45, 2.75) is 20.4 Å². The van der Waals surface area contributed by atoms with E-state index >= 15 is 0 Å². The molecule has 0 aliphatic carbocycles. The van der Waals surface area contributed by atoms with E-state index in [2.05, 4.69) is 16.8 Å². The van der Waals surface area contributed by atoms with Crippen LogP contribution in [0.25, 0.3) is 10.8 Å². The molecule has 0 unspecified atom stereocenters. The number of anilines is 2. The highest BCUT2D eigenvalue weighted by molar-refractivity contribution is 6.12. The number of aryl methyl sites for hydroxylation is 1. The quantitative estimate of drug-likeness (QED) is 0.156. The first kappa shape index (κ1) is 25.3. The van der Waals surface area contributed by atoms with Gasteiger partial charge in [0, 0.05) is 23.4 Å². The number of nitrogens with one attached hydrogen (secondary N) is 1. The topological polar surface area (TPSA) is 108 Å². The summed E-state index contributed by atoms with van der Waals surface area (Å²) in [5.41, 5.74) is 3.10. The van der Waals surface area contributed by atoms with Crippen molar-refractivity contribution in [1.82, 2.24) is 0 Å². The lowest BCUT2D eigenvalue weighted by molar-refractivity contribution is -0.230. The number of aromatic hydroxyl groups is 1. The van der Waals surface area contributed by atoms with Gasteiger partial charge in [-0.1, -0.05) is 48.5 Å². The standard InChI is InChI=1S/C29H26N2O6/c1-18-7-4-5-9-26(18)30-29(34)25-16-15-23-24(28(25)33)8-6-10-27(23)31(19(2)32)17-21-11-13-22(14-12-21)36-20(3)37-35/h4-16,33,35H,3,17H2,1-2H3,(H,30,34). The third-order valence-electron chi connectivity index (χ3n) is 5.92. The van der Waals surface area contributed by atoms with Gasteiger partial charge in [-0.05, 0) is 55.0 Å². The van der Waals surface area contributed by atoms with Gasteiger partial charge in [0.15, 0.2) is 0 Å². The molecule has 0 saturated heterocycles. The molecule has 0 radical (unpaired) electrons. The maximum Gasteiger partial charge on any atom is 0.314 e. The highest BCUT2D eigenvalue weighted by Gasteiger charge is 2.20. The summed E-state index contributed by atoms with van der Waals surface area (Å²) >= 11 is 0. The molecule has 188 valence electrons. The molecule has 0 aliphatic rings. The molecule has 2 amide bonds. The van der Waals surface area contributed by atoms with E-state index in [0.717, 1.165) is 11.1 Å². The molecule has 0 fully saturated rings. The summed E-state index contributed by atoms with van der Waals surface area (Å²) in [5.74, 6) is -0.652. The molecular weight excluding hydrogens is 472 g/mol. The Morgan fingerprint density at radius 1 is 0.946 bits per heavy atom. The van der Waals surface area contributed by atoms with Crippen molar-refractivity contribution in [3.63, 3.8) is 0 Å². The fourth-order valence-corrected chi connectivity index (χ4v) is 4.01. The summed E-state index contributed by atoms with van der Waals surface area (Å²) in [5, 5.41) is 23.5. The summed E-state index contributed by atoms with van der Waals surface area (Å²) in [6.45, 7) is 6.99. The lowest BCUT2D eigenvalue weighted by Gasteiger charge is -2.24. The number of amides is 2. The summed E-state index contributed by atoms with van der Waals surface area (Å²) < 4.78 is 5.19.